The van der Waals surface area contributed by atoms with Crippen molar-refractivity contribution in [3.63, 3.8) is 0 Å². The fourth-order valence-corrected chi connectivity index (χ4v) is 1.90. The molecule has 1 heterocycles. The molecule has 0 aliphatic carbocycles. The average molecular weight is 268 g/mol. The summed E-state index contributed by atoms with van der Waals surface area (Å²) in [5.74, 6) is 1.95. The number of hydrogen-bond acceptors (Lipinski definition) is 5. The van der Waals surface area contributed by atoms with Crippen LogP contribution in [-0.2, 0) is 0 Å². The predicted molar refractivity (Wildman–Crippen MR) is 71.8 cm³/mol. The van der Waals surface area contributed by atoms with E-state index in [0.717, 1.165) is 5.39 Å². The molecule has 0 radical (unpaired) electrons. The number of benzene rings is 1. The van der Waals surface area contributed by atoms with Gasteiger partial charge in [-0.05, 0) is 24.6 Å². The fourth-order valence-electron chi connectivity index (χ4n) is 1.73. The van der Waals surface area contributed by atoms with Gasteiger partial charge in [-0.25, -0.2) is 9.97 Å². The Balaban J connectivity index is 2.70. The minimum absolute atomic E-state index is 0.193. The molecule has 0 spiro atoms. The van der Waals surface area contributed by atoms with E-state index in [0.29, 0.717) is 29.4 Å². The minimum atomic E-state index is 0.193. The number of rotatable bonds is 4. The molecule has 18 heavy (non-hydrogen) atoms. The third-order valence-corrected chi connectivity index (χ3v) is 2.66. The molecular formula is C12H14ClN3O2. The molecule has 96 valence electrons. The largest absolute Gasteiger partial charge is 0.493 e. The van der Waals surface area contributed by atoms with E-state index in [9.17, 15) is 0 Å². The summed E-state index contributed by atoms with van der Waals surface area (Å²) in [6.07, 6.45) is 0. The Bertz CT molecular complexity index is 575. The van der Waals surface area contributed by atoms with E-state index in [1.165, 1.54) is 0 Å². The molecular weight excluding hydrogens is 254 g/mol. The van der Waals surface area contributed by atoms with Crippen LogP contribution in [0.3, 0.4) is 0 Å². The maximum absolute atomic E-state index is 5.86. The van der Waals surface area contributed by atoms with Crippen LogP contribution in [0.15, 0.2) is 12.1 Å². The van der Waals surface area contributed by atoms with Gasteiger partial charge in [0, 0.05) is 18.5 Å². The number of aromatic nitrogens is 2. The van der Waals surface area contributed by atoms with Crippen LogP contribution < -0.4 is 14.8 Å². The molecule has 1 aromatic heterocycles. The van der Waals surface area contributed by atoms with Crippen LogP contribution in [-0.4, -0.2) is 30.7 Å². The third kappa shape index (κ3) is 2.26. The molecule has 0 saturated carbocycles. The molecule has 0 fully saturated rings. The highest BCUT2D eigenvalue weighted by Gasteiger charge is 2.12. The number of fused-ring (bicyclic) bond motifs is 1. The lowest BCUT2D eigenvalue weighted by molar-refractivity contribution is 0.311. The highest BCUT2D eigenvalue weighted by Crippen LogP contribution is 2.34. The van der Waals surface area contributed by atoms with E-state index in [-0.39, 0.29) is 5.28 Å². The second-order valence-corrected chi connectivity index (χ2v) is 3.88. The normalized spacial score (nSPS) is 10.4. The Hall–Kier alpha value is -1.75. The zero-order valence-electron chi connectivity index (χ0n) is 10.5. The van der Waals surface area contributed by atoms with Gasteiger partial charge in [0.05, 0.1) is 19.2 Å². The molecule has 1 N–H and O–H groups in total. The summed E-state index contributed by atoms with van der Waals surface area (Å²) in [5, 5.41) is 4.02. The molecule has 0 unspecified atom stereocenters. The lowest BCUT2D eigenvalue weighted by atomic mass is 10.2. The van der Waals surface area contributed by atoms with E-state index in [2.05, 4.69) is 15.3 Å². The Morgan fingerprint density at radius 3 is 2.67 bits per heavy atom. The van der Waals surface area contributed by atoms with Crippen molar-refractivity contribution in [1.29, 1.82) is 0 Å². The second kappa shape index (κ2) is 5.27. The fraction of sp³-hybridized carbons (Fsp3) is 0.333. The lowest BCUT2D eigenvalue weighted by Crippen LogP contribution is -1.99. The van der Waals surface area contributed by atoms with Crippen LogP contribution >= 0.6 is 11.6 Å². The molecule has 2 rings (SSSR count). The highest BCUT2D eigenvalue weighted by atomic mass is 35.5. The van der Waals surface area contributed by atoms with Crippen LogP contribution in [0.25, 0.3) is 10.9 Å². The SMILES string of the molecule is CCOc1cc2c(NC)nc(Cl)nc2cc1OC. The van der Waals surface area contributed by atoms with Gasteiger partial charge in [0.1, 0.15) is 5.82 Å². The van der Waals surface area contributed by atoms with Crippen molar-refractivity contribution in [1.82, 2.24) is 9.97 Å². The van der Waals surface area contributed by atoms with Crippen molar-refractivity contribution >= 4 is 28.3 Å². The second-order valence-electron chi connectivity index (χ2n) is 3.54. The lowest BCUT2D eigenvalue weighted by Gasteiger charge is -2.12. The van der Waals surface area contributed by atoms with E-state index in [4.69, 9.17) is 21.1 Å². The number of nitrogens with zero attached hydrogens (tertiary/aromatic N) is 2. The van der Waals surface area contributed by atoms with Crippen molar-refractivity contribution in [2.45, 2.75) is 6.92 Å². The summed E-state index contributed by atoms with van der Waals surface area (Å²) in [7, 11) is 3.37. The zero-order valence-corrected chi connectivity index (χ0v) is 11.2. The number of halogens is 1. The maximum atomic E-state index is 5.86. The first-order valence-electron chi connectivity index (χ1n) is 5.55. The molecule has 0 aliphatic heterocycles. The Morgan fingerprint density at radius 1 is 1.28 bits per heavy atom. The van der Waals surface area contributed by atoms with Gasteiger partial charge < -0.3 is 14.8 Å². The number of methoxy groups -OCH3 is 1. The summed E-state index contributed by atoms with van der Waals surface area (Å²) >= 11 is 5.86. The number of hydrogen-bond donors (Lipinski definition) is 1. The quantitative estimate of drug-likeness (QED) is 0.863. The molecule has 0 atom stereocenters. The van der Waals surface area contributed by atoms with Crippen LogP contribution in [0, 0.1) is 0 Å². The van der Waals surface area contributed by atoms with Crippen molar-refractivity contribution in [2.24, 2.45) is 0 Å². The van der Waals surface area contributed by atoms with E-state index < -0.39 is 0 Å². The predicted octanol–water partition coefficient (Wildman–Crippen LogP) is 2.73. The Morgan fingerprint density at radius 2 is 2.06 bits per heavy atom. The molecule has 1 aromatic carbocycles. The van der Waals surface area contributed by atoms with Gasteiger partial charge in [-0.2, -0.15) is 0 Å². The summed E-state index contributed by atoms with van der Waals surface area (Å²) in [4.78, 5) is 8.30. The van der Waals surface area contributed by atoms with Gasteiger partial charge >= 0.3 is 0 Å². The van der Waals surface area contributed by atoms with Gasteiger partial charge in [0.15, 0.2) is 11.5 Å². The summed E-state index contributed by atoms with van der Waals surface area (Å²) in [6, 6.07) is 3.63. The van der Waals surface area contributed by atoms with Crippen LogP contribution in [0.4, 0.5) is 5.82 Å². The van der Waals surface area contributed by atoms with Crippen molar-refractivity contribution in [3.8, 4) is 11.5 Å². The van der Waals surface area contributed by atoms with Gasteiger partial charge in [0.25, 0.3) is 0 Å². The van der Waals surface area contributed by atoms with Crippen molar-refractivity contribution in [2.75, 3.05) is 26.1 Å². The smallest absolute Gasteiger partial charge is 0.224 e. The molecule has 0 bridgehead atoms. The van der Waals surface area contributed by atoms with Gasteiger partial charge in [-0.1, -0.05) is 0 Å². The van der Waals surface area contributed by atoms with E-state index in [1.807, 2.05) is 13.0 Å². The van der Waals surface area contributed by atoms with Crippen LogP contribution in [0.2, 0.25) is 5.28 Å². The van der Waals surface area contributed by atoms with Gasteiger partial charge in [0.2, 0.25) is 5.28 Å². The van der Waals surface area contributed by atoms with Crippen molar-refractivity contribution in [3.05, 3.63) is 17.4 Å². The maximum Gasteiger partial charge on any atom is 0.224 e. The van der Waals surface area contributed by atoms with Crippen LogP contribution in [0.1, 0.15) is 6.92 Å². The average Bonchev–Trinajstić information content (AvgIpc) is 2.37. The Labute approximate surface area is 110 Å². The highest BCUT2D eigenvalue weighted by molar-refractivity contribution is 6.28. The first-order chi connectivity index (χ1) is 8.69. The molecule has 2 aromatic rings. The van der Waals surface area contributed by atoms with E-state index >= 15 is 0 Å². The van der Waals surface area contributed by atoms with Gasteiger partial charge in [-0.15, -0.1) is 0 Å². The monoisotopic (exact) mass is 267 g/mol. The molecule has 0 saturated heterocycles. The third-order valence-electron chi connectivity index (χ3n) is 2.49. The number of ether oxygens (including phenoxy) is 2. The number of anilines is 1. The molecule has 0 amide bonds. The number of nitrogens with one attached hydrogen (secondary N) is 1. The molecule has 5 nitrogen and oxygen atoms in total. The van der Waals surface area contributed by atoms with Gasteiger partial charge in [-0.3, -0.25) is 0 Å². The first-order valence-corrected chi connectivity index (χ1v) is 5.93. The minimum Gasteiger partial charge on any atom is -0.493 e. The van der Waals surface area contributed by atoms with Crippen LogP contribution in [0.5, 0.6) is 11.5 Å². The topological polar surface area (TPSA) is 56.3 Å². The standard InChI is InChI=1S/C12H14ClN3O2/c1-4-18-10-5-7-8(6-9(10)17-3)15-12(13)16-11(7)14-2/h5-6H,4H2,1-3H3,(H,14,15,16). The summed E-state index contributed by atoms with van der Waals surface area (Å²) in [5.41, 5.74) is 0.708. The van der Waals surface area contributed by atoms with Crippen molar-refractivity contribution < 1.29 is 9.47 Å². The van der Waals surface area contributed by atoms with E-state index in [1.54, 1.807) is 20.2 Å². The summed E-state index contributed by atoms with van der Waals surface area (Å²) < 4.78 is 10.8. The summed E-state index contributed by atoms with van der Waals surface area (Å²) in [6.45, 7) is 2.48. The molecule has 0 aliphatic rings. The zero-order chi connectivity index (χ0) is 13.1. The Kier molecular flexibility index (Phi) is 3.72. The molecule has 6 heteroatoms. The first kappa shape index (κ1) is 12.7.